The van der Waals surface area contributed by atoms with Crippen LogP contribution in [-0.2, 0) is 13.6 Å². The van der Waals surface area contributed by atoms with Gasteiger partial charge in [-0.15, -0.1) is 11.3 Å². The van der Waals surface area contributed by atoms with Crippen molar-refractivity contribution in [1.29, 1.82) is 0 Å². The van der Waals surface area contributed by atoms with Crippen LogP contribution in [0.25, 0.3) is 10.4 Å². The van der Waals surface area contributed by atoms with Crippen molar-refractivity contribution in [1.82, 2.24) is 20.0 Å². The van der Waals surface area contributed by atoms with E-state index in [0.29, 0.717) is 0 Å². The van der Waals surface area contributed by atoms with Crippen LogP contribution < -0.4 is 5.32 Å². The summed E-state index contributed by atoms with van der Waals surface area (Å²) in [6.07, 6.45) is 4.01. The molecule has 1 N–H and O–H groups in total. The van der Waals surface area contributed by atoms with E-state index in [2.05, 4.69) is 47.5 Å². The maximum atomic E-state index is 4.24. The Kier molecular flexibility index (Phi) is 3.67. The van der Waals surface area contributed by atoms with Gasteiger partial charge in [0.15, 0.2) is 0 Å². The van der Waals surface area contributed by atoms with E-state index in [-0.39, 0.29) is 5.54 Å². The SMILES string of the molecule is Cn1cc(-c2ccc(CN3CCNC(C)(C)C3)s2)cn1. The smallest absolute Gasteiger partial charge is 0.0576 e. The Balaban J connectivity index is 1.68. The van der Waals surface area contributed by atoms with Gasteiger partial charge in [-0.3, -0.25) is 9.58 Å². The molecule has 3 heterocycles. The first-order valence-corrected chi connectivity index (χ1v) is 7.89. The van der Waals surface area contributed by atoms with Crippen molar-refractivity contribution in [2.75, 3.05) is 19.6 Å². The molecule has 0 saturated carbocycles. The van der Waals surface area contributed by atoms with Crippen LogP contribution in [0.3, 0.4) is 0 Å². The van der Waals surface area contributed by atoms with Gasteiger partial charge in [0.25, 0.3) is 0 Å². The van der Waals surface area contributed by atoms with Crippen molar-refractivity contribution in [3.05, 3.63) is 29.4 Å². The quantitative estimate of drug-likeness (QED) is 0.942. The molecule has 2 aromatic heterocycles. The second-order valence-corrected chi connectivity index (χ2v) is 7.36. The molecule has 0 bridgehead atoms. The van der Waals surface area contributed by atoms with Gasteiger partial charge >= 0.3 is 0 Å². The van der Waals surface area contributed by atoms with Crippen molar-refractivity contribution >= 4 is 11.3 Å². The van der Waals surface area contributed by atoms with Crippen LogP contribution in [0.1, 0.15) is 18.7 Å². The molecule has 0 unspecified atom stereocenters. The lowest BCUT2D eigenvalue weighted by atomic mass is 10.0. The van der Waals surface area contributed by atoms with Crippen LogP contribution >= 0.6 is 11.3 Å². The van der Waals surface area contributed by atoms with Gasteiger partial charge in [0.05, 0.1) is 6.20 Å². The average Bonchev–Trinajstić information content (AvgIpc) is 2.97. The zero-order valence-corrected chi connectivity index (χ0v) is 13.2. The largest absolute Gasteiger partial charge is 0.309 e. The van der Waals surface area contributed by atoms with E-state index in [9.17, 15) is 0 Å². The summed E-state index contributed by atoms with van der Waals surface area (Å²) < 4.78 is 1.85. The van der Waals surface area contributed by atoms with E-state index < -0.39 is 0 Å². The molecule has 1 fully saturated rings. The lowest BCUT2D eigenvalue weighted by Crippen LogP contribution is -2.56. The van der Waals surface area contributed by atoms with E-state index in [1.807, 2.05) is 29.3 Å². The number of hydrogen-bond acceptors (Lipinski definition) is 4. The lowest BCUT2D eigenvalue weighted by Gasteiger charge is -2.38. The molecule has 108 valence electrons. The molecule has 5 heteroatoms. The second kappa shape index (κ2) is 5.31. The Labute approximate surface area is 124 Å². The highest BCUT2D eigenvalue weighted by Crippen LogP contribution is 2.28. The summed E-state index contributed by atoms with van der Waals surface area (Å²) in [4.78, 5) is 5.28. The predicted octanol–water partition coefficient (Wildman–Crippen LogP) is 2.33. The fraction of sp³-hybridized carbons (Fsp3) is 0.533. The van der Waals surface area contributed by atoms with Crippen LogP contribution in [0.15, 0.2) is 24.5 Å². The minimum Gasteiger partial charge on any atom is -0.309 e. The zero-order chi connectivity index (χ0) is 14.2. The number of piperazine rings is 1. The highest BCUT2D eigenvalue weighted by molar-refractivity contribution is 7.15. The van der Waals surface area contributed by atoms with Crippen molar-refractivity contribution in [3.8, 4) is 10.4 Å². The van der Waals surface area contributed by atoms with Crippen LogP contribution in [0.2, 0.25) is 0 Å². The summed E-state index contributed by atoms with van der Waals surface area (Å²) in [5.41, 5.74) is 1.44. The van der Waals surface area contributed by atoms with Gasteiger partial charge in [0.1, 0.15) is 0 Å². The van der Waals surface area contributed by atoms with Crippen LogP contribution in [0, 0.1) is 0 Å². The van der Waals surface area contributed by atoms with Crippen molar-refractivity contribution < 1.29 is 0 Å². The molecule has 3 rings (SSSR count). The molecule has 0 radical (unpaired) electrons. The molecular weight excluding hydrogens is 268 g/mol. The number of nitrogens with zero attached hydrogens (tertiary/aromatic N) is 3. The molecule has 4 nitrogen and oxygen atoms in total. The maximum Gasteiger partial charge on any atom is 0.0576 e. The number of nitrogens with one attached hydrogen (secondary N) is 1. The average molecular weight is 290 g/mol. The van der Waals surface area contributed by atoms with E-state index in [4.69, 9.17) is 0 Å². The lowest BCUT2D eigenvalue weighted by molar-refractivity contribution is 0.149. The van der Waals surface area contributed by atoms with Crippen molar-refractivity contribution in [2.24, 2.45) is 7.05 Å². The standard InChI is InChI=1S/C15H22N4S/c1-15(2)11-19(7-6-16-15)10-13-4-5-14(20-13)12-8-17-18(3)9-12/h4-5,8-9,16H,6-7,10-11H2,1-3H3. The molecule has 1 saturated heterocycles. The molecular formula is C15H22N4S. The molecule has 0 atom stereocenters. The zero-order valence-electron chi connectivity index (χ0n) is 12.4. The van der Waals surface area contributed by atoms with Gasteiger partial charge in [-0.2, -0.15) is 5.10 Å². The Morgan fingerprint density at radius 3 is 2.95 bits per heavy atom. The topological polar surface area (TPSA) is 33.1 Å². The normalized spacial score (nSPS) is 19.4. The first-order valence-electron chi connectivity index (χ1n) is 7.07. The monoisotopic (exact) mass is 290 g/mol. The third kappa shape index (κ3) is 3.11. The third-order valence-corrected chi connectivity index (χ3v) is 4.80. The molecule has 20 heavy (non-hydrogen) atoms. The van der Waals surface area contributed by atoms with E-state index in [0.717, 1.165) is 26.2 Å². The summed E-state index contributed by atoms with van der Waals surface area (Å²) in [6, 6.07) is 4.46. The number of aryl methyl sites for hydroxylation is 1. The summed E-state index contributed by atoms with van der Waals surface area (Å²) in [6.45, 7) is 8.91. The van der Waals surface area contributed by atoms with Gasteiger partial charge in [-0.25, -0.2) is 0 Å². The fourth-order valence-electron chi connectivity index (χ4n) is 2.77. The van der Waals surface area contributed by atoms with Crippen LogP contribution in [-0.4, -0.2) is 39.9 Å². The minimum atomic E-state index is 0.224. The highest BCUT2D eigenvalue weighted by atomic mass is 32.1. The van der Waals surface area contributed by atoms with E-state index in [1.54, 1.807) is 0 Å². The predicted molar refractivity (Wildman–Crippen MR) is 83.9 cm³/mol. The van der Waals surface area contributed by atoms with Gasteiger partial charge in [0.2, 0.25) is 0 Å². The number of aromatic nitrogens is 2. The summed E-state index contributed by atoms with van der Waals surface area (Å²) >= 11 is 1.88. The maximum absolute atomic E-state index is 4.24. The number of rotatable bonds is 3. The molecule has 1 aliphatic heterocycles. The molecule has 0 aliphatic carbocycles. The molecule has 0 spiro atoms. The third-order valence-electron chi connectivity index (χ3n) is 3.68. The Morgan fingerprint density at radius 2 is 2.25 bits per heavy atom. The summed E-state index contributed by atoms with van der Waals surface area (Å²) in [5, 5.41) is 7.80. The molecule has 1 aliphatic rings. The molecule has 0 aromatic carbocycles. The van der Waals surface area contributed by atoms with Gasteiger partial charge in [-0.1, -0.05) is 0 Å². The molecule has 2 aromatic rings. The molecule has 0 amide bonds. The number of hydrogen-bond donors (Lipinski definition) is 1. The Hall–Kier alpha value is -1.17. The second-order valence-electron chi connectivity index (χ2n) is 6.19. The van der Waals surface area contributed by atoms with Crippen molar-refractivity contribution in [2.45, 2.75) is 25.9 Å². The summed E-state index contributed by atoms with van der Waals surface area (Å²) in [7, 11) is 1.96. The van der Waals surface area contributed by atoms with Gasteiger partial charge < -0.3 is 5.32 Å². The Morgan fingerprint density at radius 1 is 1.40 bits per heavy atom. The first kappa shape index (κ1) is 13.8. The van der Waals surface area contributed by atoms with Gasteiger partial charge in [-0.05, 0) is 26.0 Å². The van der Waals surface area contributed by atoms with E-state index >= 15 is 0 Å². The fourth-order valence-corrected chi connectivity index (χ4v) is 3.79. The van der Waals surface area contributed by atoms with Crippen molar-refractivity contribution in [3.63, 3.8) is 0 Å². The van der Waals surface area contributed by atoms with E-state index in [1.165, 1.54) is 15.3 Å². The Bertz CT molecular complexity index is 584. The highest BCUT2D eigenvalue weighted by Gasteiger charge is 2.25. The summed E-state index contributed by atoms with van der Waals surface area (Å²) in [5.74, 6) is 0. The minimum absolute atomic E-state index is 0.224. The number of thiophene rings is 1. The van der Waals surface area contributed by atoms with Gasteiger partial charge in [0, 0.05) is 60.3 Å². The van der Waals surface area contributed by atoms with Crippen LogP contribution in [0.5, 0.6) is 0 Å². The van der Waals surface area contributed by atoms with Crippen LogP contribution in [0.4, 0.5) is 0 Å². The first-order chi connectivity index (χ1) is 9.52.